The van der Waals surface area contributed by atoms with Crippen molar-refractivity contribution in [3.8, 4) is 5.75 Å². The van der Waals surface area contributed by atoms with Gasteiger partial charge in [0, 0.05) is 50.9 Å². The van der Waals surface area contributed by atoms with E-state index in [9.17, 15) is 13.2 Å². The van der Waals surface area contributed by atoms with Gasteiger partial charge in [-0.1, -0.05) is 6.07 Å². The van der Waals surface area contributed by atoms with Crippen LogP contribution in [0.3, 0.4) is 0 Å². The Hall–Kier alpha value is -1.80. The lowest BCUT2D eigenvalue weighted by molar-refractivity contribution is -0.131. The van der Waals surface area contributed by atoms with Crippen molar-refractivity contribution >= 4 is 21.6 Å². The number of nitrogens with one attached hydrogen (secondary N) is 1. The van der Waals surface area contributed by atoms with Crippen LogP contribution in [0.4, 0.5) is 5.69 Å². The van der Waals surface area contributed by atoms with E-state index >= 15 is 0 Å². The quantitative estimate of drug-likeness (QED) is 0.804. The number of rotatable bonds is 6. The Bertz CT molecular complexity index is 640. The Labute approximate surface area is 137 Å². The summed E-state index contributed by atoms with van der Waals surface area (Å²) >= 11 is 0. The highest BCUT2D eigenvalue weighted by molar-refractivity contribution is 7.88. The predicted octanol–water partition coefficient (Wildman–Crippen LogP) is 0.283. The highest BCUT2D eigenvalue weighted by Crippen LogP contribution is 2.22. The molecule has 0 aliphatic carbocycles. The predicted molar refractivity (Wildman–Crippen MR) is 89.3 cm³/mol. The van der Waals surface area contributed by atoms with E-state index < -0.39 is 10.0 Å². The number of amides is 1. The third-order valence-corrected chi connectivity index (χ3v) is 4.48. The van der Waals surface area contributed by atoms with E-state index in [1.54, 1.807) is 12.0 Å². The van der Waals surface area contributed by atoms with Gasteiger partial charge in [-0.15, -0.1) is 0 Å². The first kappa shape index (κ1) is 17.6. The summed E-state index contributed by atoms with van der Waals surface area (Å²) in [5.41, 5.74) is 1.08. The van der Waals surface area contributed by atoms with Crippen LogP contribution in [0, 0.1) is 0 Å². The molecule has 0 unspecified atom stereocenters. The summed E-state index contributed by atoms with van der Waals surface area (Å²) in [6, 6.07) is 7.85. The fourth-order valence-corrected chi connectivity index (χ4v) is 3.00. The summed E-state index contributed by atoms with van der Waals surface area (Å²) in [6.07, 6.45) is 1.27. The summed E-state index contributed by atoms with van der Waals surface area (Å²) in [6.45, 7) is 2.91. The number of hydrogen-bond donors (Lipinski definition) is 1. The number of benzene rings is 1. The van der Waals surface area contributed by atoms with Gasteiger partial charge in [0.25, 0.3) is 0 Å². The van der Waals surface area contributed by atoms with Crippen LogP contribution in [0.5, 0.6) is 5.75 Å². The monoisotopic (exact) mass is 341 g/mol. The average Bonchev–Trinajstić information content (AvgIpc) is 2.54. The number of piperazine rings is 1. The number of ether oxygens (including phenoxy) is 1. The molecule has 23 heavy (non-hydrogen) atoms. The molecule has 1 saturated heterocycles. The van der Waals surface area contributed by atoms with Crippen LogP contribution in [0.2, 0.25) is 0 Å². The Balaban J connectivity index is 1.82. The molecular weight excluding hydrogens is 318 g/mol. The summed E-state index contributed by atoms with van der Waals surface area (Å²) in [7, 11) is -1.60. The molecule has 1 aromatic carbocycles. The van der Waals surface area contributed by atoms with Gasteiger partial charge in [0.1, 0.15) is 5.75 Å². The molecule has 2 rings (SSSR count). The van der Waals surface area contributed by atoms with Crippen LogP contribution < -0.4 is 14.4 Å². The smallest absolute Gasteiger partial charge is 0.224 e. The van der Waals surface area contributed by atoms with Crippen molar-refractivity contribution in [2.45, 2.75) is 6.42 Å². The fraction of sp³-hybridized carbons (Fsp3) is 0.533. The maximum atomic E-state index is 12.1. The molecule has 0 aromatic heterocycles. The van der Waals surface area contributed by atoms with Gasteiger partial charge in [0.2, 0.25) is 15.9 Å². The van der Waals surface area contributed by atoms with Crippen LogP contribution in [0.1, 0.15) is 6.42 Å². The molecule has 1 aliphatic rings. The summed E-state index contributed by atoms with van der Waals surface area (Å²) in [5.74, 6) is 0.791. The van der Waals surface area contributed by atoms with Gasteiger partial charge < -0.3 is 14.5 Å². The second-order valence-corrected chi connectivity index (χ2v) is 7.32. The van der Waals surface area contributed by atoms with Crippen LogP contribution in [0.15, 0.2) is 24.3 Å². The molecule has 0 atom stereocenters. The Morgan fingerprint density at radius 1 is 1.26 bits per heavy atom. The SMILES string of the molecule is COc1cccc(N2CCN(C(=O)CCNS(C)(=O)=O)CC2)c1. The van der Waals surface area contributed by atoms with Crippen molar-refractivity contribution < 1.29 is 17.9 Å². The largest absolute Gasteiger partial charge is 0.497 e. The molecule has 128 valence electrons. The number of carbonyl (C=O) groups excluding carboxylic acids is 1. The Morgan fingerprint density at radius 3 is 2.57 bits per heavy atom. The van der Waals surface area contributed by atoms with E-state index in [4.69, 9.17) is 4.74 Å². The van der Waals surface area contributed by atoms with E-state index in [1.165, 1.54) is 0 Å². The molecule has 1 aromatic rings. The van der Waals surface area contributed by atoms with E-state index in [0.29, 0.717) is 13.1 Å². The van der Waals surface area contributed by atoms with E-state index in [2.05, 4.69) is 9.62 Å². The zero-order valence-corrected chi connectivity index (χ0v) is 14.3. The van der Waals surface area contributed by atoms with Crippen molar-refractivity contribution in [3.63, 3.8) is 0 Å². The molecule has 0 saturated carbocycles. The van der Waals surface area contributed by atoms with Gasteiger partial charge in [-0.2, -0.15) is 0 Å². The molecular formula is C15H23N3O4S. The third kappa shape index (κ3) is 5.40. The zero-order valence-electron chi connectivity index (χ0n) is 13.5. The first-order valence-corrected chi connectivity index (χ1v) is 9.39. The number of anilines is 1. The van der Waals surface area contributed by atoms with Gasteiger partial charge in [0.15, 0.2) is 0 Å². The molecule has 1 fully saturated rings. The minimum atomic E-state index is -3.24. The Kier molecular flexibility index (Phi) is 5.84. The molecule has 1 heterocycles. The number of sulfonamides is 1. The molecule has 8 heteroatoms. The van der Waals surface area contributed by atoms with Crippen molar-refractivity contribution in [1.82, 2.24) is 9.62 Å². The minimum absolute atomic E-state index is 0.0218. The van der Waals surface area contributed by atoms with E-state index in [-0.39, 0.29) is 18.9 Å². The number of methoxy groups -OCH3 is 1. The van der Waals surface area contributed by atoms with Crippen molar-refractivity contribution in [2.75, 3.05) is 51.0 Å². The number of carbonyl (C=O) groups is 1. The van der Waals surface area contributed by atoms with Crippen molar-refractivity contribution in [2.24, 2.45) is 0 Å². The van der Waals surface area contributed by atoms with Gasteiger partial charge in [0.05, 0.1) is 13.4 Å². The summed E-state index contributed by atoms with van der Waals surface area (Å²) in [4.78, 5) is 16.1. The van der Waals surface area contributed by atoms with Gasteiger partial charge in [-0.25, -0.2) is 13.1 Å². The molecule has 0 radical (unpaired) electrons. The van der Waals surface area contributed by atoms with E-state index in [1.807, 2.05) is 24.3 Å². The topological polar surface area (TPSA) is 79.0 Å². The molecule has 7 nitrogen and oxygen atoms in total. The lowest BCUT2D eigenvalue weighted by Crippen LogP contribution is -2.49. The Morgan fingerprint density at radius 2 is 1.96 bits per heavy atom. The van der Waals surface area contributed by atoms with Gasteiger partial charge in [-0.05, 0) is 12.1 Å². The summed E-state index contributed by atoms with van der Waals surface area (Å²) < 4.78 is 29.5. The highest BCUT2D eigenvalue weighted by atomic mass is 32.2. The maximum Gasteiger partial charge on any atom is 0.224 e. The highest BCUT2D eigenvalue weighted by Gasteiger charge is 2.21. The molecule has 1 aliphatic heterocycles. The fourth-order valence-electron chi connectivity index (χ4n) is 2.52. The number of hydrogen-bond acceptors (Lipinski definition) is 5. The maximum absolute atomic E-state index is 12.1. The minimum Gasteiger partial charge on any atom is -0.497 e. The van der Waals surface area contributed by atoms with E-state index in [0.717, 1.165) is 30.8 Å². The second-order valence-electron chi connectivity index (χ2n) is 5.49. The normalized spacial score (nSPS) is 15.6. The van der Waals surface area contributed by atoms with Crippen LogP contribution in [-0.4, -0.2) is 65.3 Å². The summed E-state index contributed by atoms with van der Waals surface area (Å²) in [5, 5.41) is 0. The first-order valence-electron chi connectivity index (χ1n) is 7.50. The molecule has 0 spiro atoms. The molecule has 0 bridgehead atoms. The lowest BCUT2D eigenvalue weighted by Gasteiger charge is -2.36. The average molecular weight is 341 g/mol. The van der Waals surface area contributed by atoms with Crippen LogP contribution >= 0.6 is 0 Å². The van der Waals surface area contributed by atoms with Crippen molar-refractivity contribution in [3.05, 3.63) is 24.3 Å². The second kappa shape index (κ2) is 7.65. The lowest BCUT2D eigenvalue weighted by atomic mass is 10.2. The van der Waals surface area contributed by atoms with Crippen LogP contribution in [-0.2, 0) is 14.8 Å². The standard InChI is InChI=1S/C15H23N3O4S/c1-22-14-5-3-4-13(12-14)17-8-10-18(11-9-17)15(19)6-7-16-23(2,20)21/h3-5,12,16H,6-11H2,1-2H3. The van der Waals surface area contributed by atoms with Gasteiger partial charge in [-0.3, -0.25) is 4.79 Å². The zero-order chi connectivity index (χ0) is 16.9. The van der Waals surface area contributed by atoms with Crippen molar-refractivity contribution in [1.29, 1.82) is 0 Å². The first-order chi connectivity index (χ1) is 10.9. The number of nitrogens with zero attached hydrogens (tertiary/aromatic N) is 2. The molecule has 1 N–H and O–H groups in total. The molecule has 1 amide bonds. The van der Waals surface area contributed by atoms with Crippen LogP contribution in [0.25, 0.3) is 0 Å². The third-order valence-electron chi connectivity index (χ3n) is 3.75. The van der Waals surface area contributed by atoms with Gasteiger partial charge >= 0.3 is 0 Å².